The van der Waals surface area contributed by atoms with Gasteiger partial charge in [-0.25, -0.2) is 0 Å². The van der Waals surface area contributed by atoms with Crippen molar-refractivity contribution in [3.05, 3.63) is 0 Å². The molecule has 1 fully saturated rings. The minimum absolute atomic E-state index is 0.00312. The van der Waals surface area contributed by atoms with Crippen molar-refractivity contribution in [3.8, 4) is 0 Å². The van der Waals surface area contributed by atoms with Crippen LogP contribution < -0.4 is 0 Å². The van der Waals surface area contributed by atoms with Gasteiger partial charge in [0, 0.05) is 13.2 Å². The van der Waals surface area contributed by atoms with Crippen molar-refractivity contribution >= 4 is 5.97 Å². The first-order valence-corrected chi connectivity index (χ1v) is 8.07. The monoisotopic (exact) mass is 286 g/mol. The fraction of sp³-hybridized carbons (Fsp3) is 0.938. The molecule has 0 aliphatic carbocycles. The summed E-state index contributed by atoms with van der Waals surface area (Å²) in [6.07, 6.45) is 7.04. The molecule has 0 unspecified atom stereocenters. The highest BCUT2D eigenvalue weighted by atomic mass is 16.7. The molecule has 0 spiro atoms. The minimum Gasteiger partial charge on any atom is -0.463 e. The average molecular weight is 286 g/mol. The second-order valence-electron chi connectivity index (χ2n) is 5.75. The largest absolute Gasteiger partial charge is 0.463 e. The van der Waals surface area contributed by atoms with E-state index in [9.17, 15) is 4.79 Å². The molecule has 0 aromatic heterocycles. The molecule has 0 amide bonds. The lowest BCUT2D eigenvalue weighted by Gasteiger charge is -2.22. The van der Waals surface area contributed by atoms with Gasteiger partial charge in [-0.1, -0.05) is 13.3 Å². The third-order valence-corrected chi connectivity index (χ3v) is 3.57. The van der Waals surface area contributed by atoms with Gasteiger partial charge in [-0.3, -0.25) is 4.79 Å². The van der Waals surface area contributed by atoms with Crippen LogP contribution in [-0.2, 0) is 19.0 Å². The summed E-state index contributed by atoms with van der Waals surface area (Å²) in [4.78, 5) is 11.8. The summed E-state index contributed by atoms with van der Waals surface area (Å²) in [6, 6.07) is 0. The Kier molecular flexibility index (Phi) is 8.86. The Morgan fingerprint density at radius 2 is 2.10 bits per heavy atom. The Labute approximate surface area is 123 Å². The van der Waals surface area contributed by atoms with Gasteiger partial charge in [-0.2, -0.15) is 0 Å². The van der Waals surface area contributed by atoms with Crippen LogP contribution in [0.4, 0.5) is 0 Å². The van der Waals surface area contributed by atoms with E-state index in [1.165, 1.54) is 6.42 Å². The minimum atomic E-state index is -0.0565. The highest BCUT2D eigenvalue weighted by molar-refractivity contribution is 5.72. The van der Waals surface area contributed by atoms with Crippen molar-refractivity contribution < 1.29 is 19.0 Å². The van der Waals surface area contributed by atoms with E-state index in [1.54, 1.807) is 0 Å². The summed E-state index contributed by atoms with van der Waals surface area (Å²) in [5, 5.41) is 0. The Balaban J connectivity index is 2.07. The van der Waals surface area contributed by atoms with Crippen LogP contribution in [0.1, 0.15) is 65.7 Å². The van der Waals surface area contributed by atoms with Crippen molar-refractivity contribution in [1.82, 2.24) is 0 Å². The molecule has 1 heterocycles. The van der Waals surface area contributed by atoms with Gasteiger partial charge in [-0.05, 0) is 52.4 Å². The van der Waals surface area contributed by atoms with Crippen LogP contribution in [0.5, 0.6) is 0 Å². The molecule has 0 aromatic rings. The summed E-state index contributed by atoms with van der Waals surface area (Å²) in [5.74, 6) is -0.0256. The summed E-state index contributed by atoms with van der Waals surface area (Å²) in [5.41, 5.74) is 0. The lowest BCUT2D eigenvalue weighted by molar-refractivity contribution is -0.163. The number of unbranched alkanes of at least 4 members (excludes halogenated alkanes) is 1. The van der Waals surface area contributed by atoms with E-state index in [-0.39, 0.29) is 24.3 Å². The zero-order chi connectivity index (χ0) is 14.8. The molecule has 0 radical (unpaired) electrons. The number of carbonyl (C=O) groups excluding carboxylic acids is 1. The van der Waals surface area contributed by atoms with Crippen molar-refractivity contribution in [2.45, 2.75) is 78.1 Å². The molecule has 1 rings (SSSR count). The molecule has 20 heavy (non-hydrogen) atoms. The van der Waals surface area contributed by atoms with Gasteiger partial charge < -0.3 is 14.2 Å². The van der Waals surface area contributed by atoms with Crippen molar-refractivity contribution in [3.63, 3.8) is 0 Å². The van der Waals surface area contributed by atoms with Crippen LogP contribution in [-0.4, -0.2) is 31.6 Å². The van der Waals surface area contributed by atoms with Crippen LogP contribution in [0.2, 0.25) is 0 Å². The van der Waals surface area contributed by atoms with Gasteiger partial charge >= 0.3 is 5.97 Å². The van der Waals surface area contributed by atoms with Gasteiger partial charge in [0.1, 0.15) is 0 Å². The Morgan fingerprint density at radius 3 is 2.70 bits per heavy atom. The predicted molar refractivity (Wildman–Crippen MR) is 78.4 cm³/mol. The second-order valence-corrected chi connectivity index (χ2v) is 5.75. The Morgan fingerprint density at radius 1 is 1.30 bits per heavy atom. The van der Waals surface area contributed by atoms with E-state index in [2.05, 4.69) is 0 Å². The maximum Gasteiger partial charge on any atom is 0.309 e. The van der Waals surface area contributed by atoms with E-state index < -0.39 is 0 Å². The summed E-state index contributed by atoms with van der Waals surface area (Å²) in [6.45, 7) is 7.37. The first-order chi connectivity index (χ1) is 9.63. The van der Waals surface area contributed by atoms with E-state index in [4.69, 9.17) is 14.2 Å². The molecule has 0 saturated carbocycles. The normalized spacial score (nSPS) is 20.9. The SMILES string of the molecule is CC[C@H](CCCCO[C@H]1CCCCO1)C(=O)OC(C)C. The second kappa shape index (κ2) is 10.2. The third-order valence-electron chi connectivity index (χ3n) is 3.57. The first-order valence-electron chi connectivity index (χ1n) is 8.07. The Bertz CT molecular complexity index is 259. The fourth-order valence-corrected chi connectivity index (χ4v) is 2.37. The summed E-state index contributed by atoms with van der Waals surface area (Å²) < 4.78 is 16.5. The molecule has 4 heteroatoms. The van der Waals surface area contributed by atoms with E-state index >= 15 is 0 Å². The molecule has 0 aromatic carbocycles. The van der Waals surface area contributed by atoms with Gasteiger partial charge in [-0.15, -0.1) is 0 Å². The standard InChI is InChI=1S/C16H30O4/c1-4-14(16(17)20-13(2)3)9-5-7-11-18-15-10-6-8-12-19-15/h13-15H,4-12H2,1-3H3/t14-,15-/m1/s1. The summed E-state index contributed by atoms with van der Waals surface area (Å²) in [7, 11) is 0. The quantitative estimate of drug-likeness (QED) is 0.479. The highest BCUT2D eigenvalue weighted by Crippen LogP contribution is 2.17. The molecular formula is C16H30O4. The van der Waals surface area contributed by atoms with Crippen LogP contribution in [0.15, 0.2) is 0 Å². The first kappa shape index (κ1) is 17.4. The summed E-state index contributed by atoms with van der Waals surface area (Å²) >= 11 is 0. The molecule has 4 nitrogen and oxygen atoms in total. The van der Waals surface area contributed by atoms with Gasteiger partial charge in [0.05, 0.1) is 12.0 Å². The predicted octanol–water partition coefficient (Wildman–Crippen LogP) is 3.68. The van der Waals surface area contributed by atoms with Crippen molar-refractivity contribution in [1.29, 1.82) is 0 Å². The van der Waals surface area contributed by atoms with Gasteiger partial charge in [0.2, 0.25) is 0 Å². The lowest BCUT2D eigenvalue weighted by Crippen LogP contribution is -2.23. The number of rotatable bonds is 9. The average Bonchev–Trinajstić information content (AvgIpc) is 2.43. The zero-order valence-corrected chi connectivity index (χ0v) is 13.2. The van der Waals surface area contributed by atoms with E-state index in [0.717, 1.165) is 51.7 Å². The van der Waals surface area contributed by atoms with Crippen LogP contribution >= 0.6 is 0 Å². The van der Waals surface area contributed by atoms with Gasteiger partial charge in [0.15, 0.2) is 6.29 Å². The smallest absolute Gasteiger partial charge is 0.309 e. The molecule has 2 atom stereocenters. The van der Waals surface area contributed by atoms with E-state index in [0.29, 0.717) is 0 Å². The highest BCUT2D eigenvalue weighted by Gasteiger charge is 2.19. The molecule has 1 aliphatic heterocycles. The number of hydrogen-bond acceptors (Lipinski definition) is 4. The van der Waals surface area contributed by atoms with Crippen molar-refractivity contribution in [2.24, 2.45) is 5.92 Å². The number of carbonyl (C=O) groups is 1. The molecule has 1 aliphatic rings. The van der Waals surface area contributed by atoms with Crippen LogP contribution in [0.25, 0.3) is 0 Å². The zero-order valence-electron chi connectivity index (χ0n) is 13.2. The Hall–Kier alpha value is -0.610. The van der Waals surface area contributed by atoms with E-state index in [1.807, 2.05) is 20.8 Å². The maximum absolute atomic E-state index is 11.8. The molecule has 0 bridgehead atoms. The molecule has 1 saturated heterocycles. The van der Waals surface area contributed by atoms with Crippen LogP contribution in [0.3, 0.4) is 0 Å². The van der Waals surface area contributed by atoms with Crippen LogP contribution in [0, 0.1) is 5.92 Å². The topological polar surface area (TPSA) is 44.8 Å². The molecule has 0 N–H and O–H groups in total. The molecular weight excluding hydrogens is 256 g/mol. The third kappa shape index (κ3) is 7.25. The fourth-order valence-electron chi connectivity index (χ4n) is 2.37. The molecule has 118 valence electrons. The lowest BCUT2D eigenvalue weighted by atomic mass is 9.99. The van der Waals surface area contributed by atoms with Gasteiger partial charge in [0.25, 0.3) is 0 Å². The maximum atomic E-state index is 11.8. The van der Waals surface area contributed by atoms with Crippen molar-refractivity contribution in [2.75, 3.05) is 13.2 Å². The number of ether oxygens (including phenoxy) is 3. The number of esters is 1. The number of hydrogen-bond donors (Lipinski definition) is 0.